The molecule has 0 aromatic carbocycles. The van der Waals surface area contributed by atoms with Gasteiger partial charge in [-0.2, -0.15) is 0 Å². The van der Waals surface area contributed by atoms with Crippen LogP contribution in [0, 0.1) is 0 Å². The van der Waals surface area contributed by atoms with Crippen LogP contribution in [0.3, 0.4) is 0 Å². The summed E-state index contributed by atoms with van der Waals surface area (Å²) in [5.74, 6) is 0.738. The van der Waals surface area contributed by atoms with E-state index in [-0.39, 0.29) is 0 Å². The highest BCUT2D eigenvalue weighted by molar-refractivity contribution is 5.24. The molecule has 1 fully saturated rings. The lowest BCUT2D eigenvalue weighted by molar-refractivity contribution is 0.388. The summed E-state index contributed by atoms with van der Waals surface area (Å²) in [6.07, 6.45) is 14.6. The van der Waals surface area contributed by atoms with Crippen LogP contribution >= 0.6 is 0 Å². The molecule has 112 valence electrons. The van der Waals surface area contributed by atoms with Crippen LogP contribution in [0.2, 0.25) is 0 Å². The minimum Gasteiger partial charge on any atom is -0.354 e. The number of hydrogen-bond acceptors (Lipinski definition) is 4. The maximum atomic E-state index is 4.35. The second-order valence-electron chi connectivity index (χ2n) is 5.76. The van der Waals surface area contributed by atoms with E-state index in [4.69, 9.17) is 0 Å². The van der Waals surface area contributed by atoms with Crippen LogP contribution < -0.4 is 10.6 Å². The van der Waals surface area contributed by atoms with Crippen LogP contribution in [0.1, 0.15) is 63.9 Å². The molecule has 0 spiro atoms. The molecule has 0 unspecified atom stereocenters. The third-order valence-electron chi connectivity index (χ3n) is 3.94. The van der Waals surface area contributed by atoms with E-state index in [9.17, 15) is 0 Å². The minimum absolute atomic E-state index is 0.674. The van der Waals surface area contributed by atoms with E-state index in [0.717, 1.165) is 25.5 Å². The molecule has 1 aliphatic rings. The Balaban J connectivity index is 1.74. The summed E-state index contributed by atoms with van der Waals surface area (Å²) in [4.78, 5) is 8.70. The van der Waals surface area contributed by atoms with Crippen molar-refractivity contribution in [2.75, 3.05) is 11.9 Å². The first-order valence-electron chi connectivity index (χ1n) is 8.16. The SMILES string of the molecule is CCCNc1ncc(CNC2CCCCCCC2)cn1. The van der Waals surface area contributed by atoms with Gasteiger partial charge >= 0.3 is 0 Å². The van der Waals surface area contributed by atoms with Crippen LogP contribution in [-0.2, 0) is 6.54 Å². The smallest absolute Gasteiger partial charge is 0.222 e. The van der Waals surface area contributed by atoms with Crippen molar-refractivity contribution in [3.8, 4) is 0 Å². The molecule has 0 saturated heterocycles. The number of aromatic nitrogens is 2. The van der Waals surface area contributed by atoms with E-state index in [1.807, 2.05) is 12.4 Å². The van der Waals surface area contributed by atoms with Crippen molar-refractivity contribution in [1.29, 1.82) is 0 Å². The molecule has 0 atom stereocenters. The van der Waals surface area contributed by atoms with Crippen LogP contribution in [0.25, 0.3) is 0 Å². The number of nitrogens with zero attached hydrogens (tertiary/aromatic N) is 2. The Bertz CT molecular complexity index is 355. The Morgan fingerprint density at radius 2 is 1.70 bits per heavy atom. The first kappa shape index (κ1) is 15.2. The van der Waals surface area contributed by atoms with E-state index in [2.05, 4.69) is 27.5 Å². The topological polar surface area (TPSA) is 49.8 Å². The van der Waals surface area contributed by atoms with Crippen molar-refractivity contribution in [1.82, 2.24) is 15.3 Å². The standard InChI is InChI=1S/C16H28N4/c1-2-10-17-16-19-12-14(13-20-16)11-18-15-8-6-4-3-5-7-9-15/h12-13,15,18H,2-11H2,1H3,(H,17,19,20). The summed E-state index contributed by atoms with van der Waals surface area (Å²) < 4.78 is 0. The third-order valence-corrected chi connectivity index (χ3v) is 3.94. The van der Waals surface area contributed by atoms with Crippen molar-refractivity contribution in [2.24, 2.45) is 0 Å². The Morgan fingerprint density at radius 1 is 1.05 bits per heavy atom. The number of rotatable bonds is 6. The molecule has 4 heteroatoms. The maximum Gasteiger partial charge on any atom is 0.222 e. The average Bonchev–Trinajstić information content (AvgIpc) is 2.45. The van der Waals surface area contributed by atoms with Gasteiger partial charge in [-0.15, -0.1) is 0 Å². The summed E-state index contributed by atoms with van der Waals surface area (Å²) in [6, 6.07) is 0.674. The second kappa shape index (κ2) is 8.90. The molecule has 0 amide bonds. The molecule has 1 heterocycles. The van der Waals surface area contributed by atoms with Crippen molar-refractivity contribution in [3.63, 3.8) is 0 Å². The molecule has 4 nitrogen and oxygen atoms in total. The van der Waals surface area contributed by atoms with Gasteiger partial charge in [0.2, 0.25) is 5.95 Å². The van der Waals surface area contributed by atoms with E-state index >= 15 is 0 Å². The second-order valence-corrected chi connectivity index (χ2v) is 5.76. The lowest BCUT2D eigenvalue weighted by Gasteiger charge is -2.21. The van der Waals surface area contributed by atoms with Crippen LogP contribution in [0.4, 0.5) is 5.95 Å². The summed E-state index contributed by atoms with van der Waals surface area (Å²) in [7, 11) is 0. The van der Waals surface area contributed by atoms with E-state index in [1.165, 1.54) is 50.5 Å². The highest BCUT2D eigenvalue weighted by atomic mass is 15.1. The quantitative estimate of drug-likeness (QED) is 0.835. The van der Waals surface area contributed by atoms with Gasteiger partial charge in [0.05, 0.1) is 0 Å². The molecule has 20 heavy (non-hydrogen) atoms. The van der Waals surface area contributed by atoms with Crippen LogP contribution in [-0.4, -0.2) is 22.6 Å². The fourth-order valence-corrected chi connectivity index (χ4v) is 2.70. The van der Waals surface area contributed by atoms with Crippen LogP contribution in [0.5, 0.6) is 0 Å². The number of hydrogen-bond donors (Lipinski definition) is 2. The Labute approximate surface area is 122 Å². The molecular weight excluding hydrogens is 248 g/mol. The van der Waals surface area contributed by atoms with E-state index in [1.54, 1.807) is 0 Å². The van der Waals surface area contributed by atoms with Gasteiger partial charge in [0.15, 0.2) is 0 Å². The van der Waals surface area contributed by atoms with Gasteiger partial charge in [0, 0.05) is 37.1 Å². The molecule has 1 saturated carbocycles. The molecule has 2 rings (SSSR count). The zero-order chi connectivity index (χ0) is 14.0. The van der Waals surface area contributed by atoms with Crippen molar-refractivity contribution < 1.29 is 0 Å². The van der Waals surface area contributed by atoms with E-state index < -0.39 is 0 Å². The van der Waals surface area contributed by atoms with Gasteiger partial charge in [0.1, 0.15) is 0 Å². The fraction of sp³-hybridized carbons (Fsp3) is 0.750. The molecule has 1 aromatic rings. The Hall–Kier alpha value is -1.16. The van der Waals surface area contributed by atoms with Gasteiger partial charge in [-0.1, -0.05) is 39.0 Å². The molecule has 1 aliphatic carbocycles. The molecule has 2 N–H and O–H groups in total. The maximum absolute atomic E-state index is 4.35. The predicted molar refractivity (Wildman–Crippen MR) is 83.8 cm³/mol. The molecular formula is C16H28N4. The highest BCUT2D eigenvalue weighted by Gasteiger charge is 2.10. The van der Waals surface area contributed by atoms with E-state index in [0.29, 0.717) is 6.04 Å². The molecule has 0 bridgehead atoms. The van der Waals surface area contributed by atoms with Crippen LogP contribution in [0.15, 0.2) is 12.4 Å². The summed E-state index contributed by atoms with van der Waals surface area (Å²) in [5.41, 5.74) is 1.18. The molecule has 0 aliphatic heterocycles. The summed E-state index contributed by atoms with van der Waals surface area (Å²) >= 11 is 0. The Kier molecular flexibility index (Phi) is 6.78. The monoisotopic (exact) mass is 276 g/mol. The van der Waals surface area contributed by atoms with Gasteiger partial charge < -0.3 is 10.6 Å². The van der Waals surface area contributed by atoms with Gasteiger partial charge in [-0.3, -0.25) is 0 Å². The highest BCUT2D eigenvalue weighted by Crippen LogP contribution is 2.17. The van der Waals surface area contributed by atoms with Gasteiger partial charge in [-0.25, -0.2) is 9.97 Å². The number of nitrogens with one attached hydrogen (secondary N) is 2. The van der Waals surface area contributed by atoms with Crippen molar-refractivity contribution in [2.45, 2.75) is 70.9 Å². The Morgan fingerprint density at radius 3 is 2.35 bits per heavy atom. The first-order chi connectivity index (χ1) is 9.88. The fourth-order valence-electron chi connectivity index (χ4n) is 2.70. The lowest BCUT2D eigenvalue weighted by atomic mass is 9.96. The zero-order valence-electron chi connectivity index (χ0n) is 12.7. The normalized spacial score (nSPS) is 17.4. The summed E-state index contributed by atoms with van der Waals surface area (Å²) in [5, 5.41) is 6.87. The van der Waals surface area contributed by atoms with Gasteiger partial charge in [-0.05, 0) is 19.3 Å². The number of anilines is 1. The lowest BCUT2D eigenvalue weighted by Crippen LogP contribution is -2.29. The largest absolute Gasteiger partial charge is 0.354 e. The first-order valence-corrected chi connectivity index (χ1v) is 8.16. The zero-order valence-corrected chi connectivity index (χ0v) is 12.7. The third kappa shape index (κ3) is 5.45. The average molecular weight is 276 g/mol. The molecule has 1 aromatic heterocycles. The van der Waals surface area contributed by atoms with Crippen molar-refractivity contribution in [3.05, 3.63) is 18.0 Å². The van der Waals surface area contributed by atoms with Gasteiger partial charge in [0.25, 0.3) is 0 Å². The predicted octanol–water partition coefficient (Wildman–Crippen LogP) is 3.50. The van der Waals surface area contributed by atoms with Crippen molar-refractivity contribution >= 4 is 5.95 Å². The summed E-state index contributed by atoms with van der Waals surface area (Å²) in [6.45, 7) is 3.96. The minimum atomic E-state index is 0.674. The molecule has 0 radical (unpaired) electrons.